The number of aromatic nitrogens is 1. The highest BCUT2D eigenvalue weighted by molar-refractivity contribution is 9.10. The third-order valence-corrected chi connectivity index (χ3v) is 4.87. The number of benzene rings is 1. The maximum atomic E-state index is 12.4. The molecule has 6 nitrogen and oxygen atoms in total. The number of rotatable bonds is 4. The molecule has 0 unspecified atom stereocenters. The number of carboxylic acid groups (broad SMARTS) is 1. The van der Waals surface area contributed by atoms with Crippen LogP contribution in [0.1, 0.15) is 15.9 Å². The number of anilines is 1. The highest BCUT2D eigenvalue weighted by atomic mass is 79.9. The zero-order valence-corrected chi connectivity index (χ0v) is 13.3. The van der Waals surface area contributed by atoms with Gasteiger partial charge in [-0.2, -0.15) is 0 Å². The van der Waals surface area contributed by atoms with Crippen LogP contribution in [0.5, 0.6) is 0 Å². The molecule has 1 aromatic carbocycles. The van der Waals surface area contributed by atoms with E-state index in [0.717, 1.165) is 6.07 Å². The van der Waals surface area contributed by atoms with E-state index in [1.54, 1.807) is 19.1 Å². The highest BCUT2D eigenvalue weighted by Gasteiger charge is 2.20. The molecule has 0 aliphatic rings. The van der Waals surface area contributed by atoms with Crippen molar-refractivity contribution >= 4 is 37.6 Å². The van der Waals surface area contributed by atoms with Crippen molar-refractivity contribution in [2.24, 2.45) is 0 Å². The molecule has 0 atom stereocenters. The minimum Gasteiger partial charge on any atom is -0.478 e. The van der Waals surface area contributed by atoms with Gasteiger partial charge in [0.25, 0.3) is 10.0 Å². The summed E-state index contributed by atoms with van der Waals surface area (Å²) in [5.41, 5.74) is 0.636. The largest absolute Gasteiger partial charge is 0.478 e. The maximum Gasteiger partial charge on any atom is 0.335 e. The summed E-state index contributed by atoms with van der Waals surface area (Å²) in [5.74, 6) is -1.19. The summed E-state index contributed by atoms with van der Waals surface area (Å²) in [6.07, 6.45) is 1.51. The molecule has 0 amide bonds. The third-order valence-electron chi connectivity index (χ3n) is 2.73. The molecular weight excluding hydrogens is 360 g/mol. The second-order valence-corrected chi connectivity index (χ2v) is 6.63. The van der Waals surface area contributed by atoms with Crippen molar-refractivity contribution in [2.45, 2.75) is 11.8 Å². The van der Waals surface area contributed by atoms with Crippen molar-refractivity contribution < 1.29 is 18.3 Å². The van der Waals surface area contributed by atoms with Gasteiger partial charge in [0, 0.05) is 6.20 Å². The zero-order chi connectivity index (χ0) is 15.6. The summed E-state index contributed by atoms with van der Waals surface area (Å²) >= 11 is 3.15. The highest BCUT2D eigenvalue weighted by Crippen LogP contribution is 2.24. The summed E-state index contributed by atoms with van der Waals surface area (Å²) in [5, 5.41) is 8.97. The van der Waals surface area contributed by atoms with Gasteiger partial charge in [0.2, 0.25) is 0 Å². The standard InChI is InChI=1S/C13H11BrN2O4S/c1-8-4-5-9(13(17)18)7-11(8)21(19,20)16-10-3-2-6-15-12(10)14/h2-7,16H,1H3,(H,17,18). The summed E-state index contributed by atoms with van der Waals surface area (Å²) in [4.78, 5) is 14.8. The second-order valence-electron chi connectivity index (χ2n) is 4.23. The van der Waals surface area contributed by atoms with Crippen LogP contribution in [0, 0.1) is 6.92 Å². The lowest BCUT2D eigenvalue weighted by molar-refractivity contribution is 0.0696. The second kappa shape index (κ2) is 5.82. The molecule has 0 aliphatic heterocycles. The van der Waals surface area contributed by atoms with E-state index in [1.807, 2.05) is 0 Å². The van der Waals surface area contributed by atoms with Crippen molar-refractivity contribution in [3.05, 3.63) is 52.3 Å². The summed E-state index contributed by atoms with van der Waals surface area (Å²) in [6.45, 7) is 1.60. The molecule has 2 N–H and O–H groups in total. The number of hydrogen-bond acceptors (Lipinski definition) is 4. The lowest BCUT2D eigenvalue weighted by Gasteiger charge is -2.11. The van der Waals surface area contributed by atoms with E-state index in [0.29, 0.717) is 10.2 Å². The number of carbonyl (C=O) groups is 1. The fraction of sp³-hybridized carbons (Fsp3) is 0.0769. The topological polar surface area (TPSA) is 96.4 Å². The first-order chi connectivity index (χ1) is 9.81. The van der Waals surface area contributed by atoms with E-state index in [-0.39, 0.29) is 16.1 Å². The molecule has 0 radical (unpaired) electrons. The quantitative estimate of drug-likeness (QED) is 0.806. The molecule has 0 saturated heterocycles. The molecule has 0 aliphatic carbocycles. The summed E-state index contributed by atoms with van der Waals surface area (Å²) in [6, 6.07) is 7.07. The first kappa shape index (κ1) is 15.5. The van der Waals surface area contributed by atoms with Crippen LogP contribution in [-0.4, -0.2) is 24.5 Å². The molecular formula is C13H11BrN2O4S. The molecule has 2 rings (SSSR count). The average molecular weight is 371 g/mol. The smallest absolute Gasteiger partial charge is 0.335 e. The fourth-order valence-corrected chi connectivity index (χ4v) is 3.50. The van der Waals surface area contributed by atoms with Gasteiger partial charge in [0.05, 0.1) is 16.1 Å². The van der Waals surface area contributed by atoms with Crippen LogP contribution in [0.25, 0.3) is 0 Å². The Hall–Kier alpha value is -1.93. The van der Waals surface area contributed by atoms with Crippen molar-refractivity contribution in [2.75, 3.05) is 4.72 Å². The Morgan fingerprint density at radius 1 is 1.33 bits per heavy atom. The molecule has 21 heavy (non-hydrogen) atoms. The minimum absolute atomic E-state index is 0.0850. The number of aromatic carboxylic acids is 1. The lowest BCUT2D eigenvalue weighted by atomic mass is 10.1. The van der Waals surface area contributed by atoms with Gasteiger partial charge in [-0.3, -0.25) is 4.72 Å². The molecule has 0 fully saturated rings. The van der Waals surface area contributed by atoms with Gasteiger partial charge >= 0.3 is 5.97 Å². The Kier molecular flexibility index (Phi) is 4.29. The molecule has 0 saturated carbocycles. The maximum absolute atomic E-state index is 12.4. The van der Waals surface area contributed by atoms with Gasteiger partial charge in [-0.05, 0) is 52.7 Å². The molecule has 1 heterocycles. The van der Waals surface area contributed by atoms with Gasteiger partial charge in [-0.1, -0.05) is 6.07 Å². The van der Waals surface area contributed by atoms with E-state index < -0.39 is 16.0 Å². The Balaban J connectivity index is 2.47. The van der Waals surface area contributed by atoms with E-state index >= 15 is 0 Å². The van der Waals surface area contributed by atoms with Crippen LogP contribution >= 0.6 is 15.9 Å². The van der Waals surface area contributed by atoms with E-state index in [2.05, 4.69) is 25.6 Å². The van der Waals surface area contributed by atoms with Crippen LogP contribution in [0.4, 0.5) is 5.69 Å². The number of pyridine rings is 1. The normalized spacial score (nSPS) is 11.1. The van der Waals surface area contributed by atoms with Crippen LogP contribution in [0.3, 0.4) is 0 Å². The molecule has 0 spiro atoms. The molecule has 8 heteroatoms. The molecule has 0 bridgehead atoms. The van der Waals surface area contributed by atoms with Gasteiger partial charge < -0.3 is 5.11 Å². The fourth-order valence-electron chi connectivity index (χ4n) is 1.68. The van der Waals surface area contributed by atoms with E-state index in [1.165, 1.54) is 18.3 Å². The number of aryl methyl sites for hydroxylation is 1. The molecule has 2 aromatic rings. The lowest BCUT2D eigenvalue weighted by Crippen LogP contribution is -2.15. The number of hydrogen-bond donors (Lipinski definition) is 2. The van der Waals surface area contributed by atoms with Crippen LogP contribution in [-0.2, 0) is 10.0 Å². The first-order valence-electron chi connectivity index (χ1n) is 5.78. The van der Waals surface area contributed by atoms with Crippen molar-refractivity contribution in [3.8, 4) is 0 Å². The van der Waals surface area contributed by atoms with Crippen LogP contribution in [0.15, 0.2) is 46.0 Å². The predicted octanol–water partition coefficient (Wildman–Crippen LogP) is 2.65. The number of nitrogens with one attached hydrogen (secondary N) is 1. The van der Waals surface area contributed by atoms with Crippen molar-refractivity contribution in [3.63, 3.8) is 0 Å². The van der Waals surface area contributed by atoms with Crippen LogP contribution in [0.2, 0.25) is 0 Å². The number of carboxylic acids is 1. The zero-order valence-electron chi connectivity index (χ0n) is 10.9. The first-order valence-corrected chi connectivity index (χ1v) is 8.06. The predicted molar refractivity (Wildman–Crippen MR) is 80.9 cm³/mol. The van der Waals surface area contributed by atoms with Gasteiger partial charge in [0.15, 0.2) is 0 Å². The number of halogens is 1. The monoisotopic (exact) mass is 370 g/mol. The Morgan fingerprint density at radius 2 is 2.05 bits per heavy atom. The van der Waals surface area contributed by atoms with Gasteiger partial charge in [-0.25, -0.2) is 18.2 Å². The van der Waals surface area contributed by atoms with Crippen molar-refractivity contribution in [1.82, 2.24) is 4.98 Å². The van der Waals surface area contributed by atoms with Gasteiger partial charge in [0.1, 0.15) is 4.60 Å². The average Bonchev–Trinajstić information content (AvgIpc) is 2.41. The van der Waals surface area contributed by atoms with Gasteiger partial charge in [-0.15, -0.1) is 0 Å². The third kappa shape index (κ3) is 3.40. The molecule has 110 valence electrons. The van der Waals surface area contributed by atoms with E-state index in [4.69, 9.17) is 5.11 Å². The van der Waals surface area contributed by atoms with E-state index in [9.17, 15) is 13.2 Å². The number of nitrogens with zero attached hydrogens (tertiary/aromatic N) is 1. The summed E-state index contributed by atoms with van der Waals surface area (Å²) < 4.78 is 27.5. The molecule has 1 aromatic heterocycles. The summed E-state index contributed by atoms with van der Waals surface area (Å²) in [7, 11) is -3.91. The Morgan fingerprint density at radius 3 is 2.67 bits per heavy atom. The van der Waals surface area contributed by atoms with Crippen molar-refractivity contribution in [1.29, 1.82) is 0 Å². The Bertz CT molecular complexity index is 806. The number of sulfonamides is 1. The van der Waals surface area contributed by atoms with Crippen LogP contribution < -0.4 is 4.72 Å². The minimum atomic E-state index is -3.91. The Labute approximate surface area is 130 Å². The SMILES string of the molecule is Cc1ccc(C(=O)O)cc1S(=O)(=O)Nc1cccnc1Br.